The molecule has 14 heavy (non-hydrogen) atoms. The molecule has 0 amide bonds. The standard InChI is InChI=1S/C10H17BrN2S/c1-3-12-6-8(2)13-7-10-9(11)4-5-14-10/h4-5,8,12-13H,3,6-7H2,1-2H3. The highest BCUT2D eigenvalue weighted by molar-refractivity contribution is 9.10. The summed E-state index contributed by atoms with van der Waals surface area (Å²) in [5.41, 5.74) is 0. The maximum absolute atomic E-state index is 3.52. The van der Waals surface area contributed by atoms with Gasteiger partial charge in [-0.1, -0.05) is 6.92 Å². The second kappa shape index (κ2) is 6.56. The zero-order valence-corrected chi connectivity index (χ0v) is 11.0. The third-order valence-electron chi connectivity index (χ3n) is 2.00. The fourth-order valence-electron chi connectivity index (χ4n) is 1.15. The minimum absolute atomic E-state index is 0.518. The molecule has 1 rings (SSSR count). The molecule has 80 valence electrons. The number of hydrogen-bond donors (Lipinski definition) is 2. The fourth-order valence-corrected chi connectivity index (χ4v) is 2.59. The molecule has 2 nitrogen and oxygen atoms in total. The quantitative estimate of drug-likeness (QED) is 0.835. The van der Waals surface area contributed by atoms with E-state index >= 15 is 0 Å². The topological polar surface area (TPSA) is 24.1 Å². The minimum atomic E-state index is 0.518. The Morgan fingerprint density at radius 2 is 2.36 bits per heavy atom. The molecule has 0 bridgehead atoms. The molecular weight excluding hydrogens is 260 g/mol. The maximum Gasteiger partial charge on any atom is 0.0327 e. The highest BCUT2D eigenvalue weighted by Gasteiger charge is 2.03. The van der Waals surface area contributed by atoms with Gasteiger partial charge in [-0.2, -0.15) is 0 Å². The number of halogens is 1. The number of hydrogen-bond acceptors (Lipinski definition) is 3. The SMILES string of the molecule is CCNCC(C)NCc1sccc1Br. The molecule has 0 fully saturated rings. The van der Waals surface area contributed by atoms with E-state index in [-0.39, 0.29) is 0 Å². The van der Waals surface area contributed by atoms with E-state index in [0.717, 1.165) is 19.6 Å². The predicted octanol–water partition coefficient (Wildman–Crippen LogP) is 2.60. The first-order chi connectivity index (χ1) is 6.74. The van der Waals surface area contributed by atoms with Crippen LogP contribution in [0.3, 0.4) is 0 Å². The molecule has 0 saturated heterocycles. The van der Waals surface area contributed by atoms with Gasteiger partial charge in [0.25, 0.3) is 0 Å². The van der Waals surface area contributed by atoms with Crippen LogP contribution in [0, 0.1) is 0 Å². The molecule has 2 N–H and O–H groups in total. The van der Waals surface area contributed by atoms with Crippen LogP contribution in [-0.2, 0) is 6.54 Å². The predicted molar refractivity (Wildman–Crippen MR) is 66.9 cm³/mol. The van der Waals surface area contributed by atoms with Crippen molar-refractivity contribution >= 4 is 27.3 Å². The number of likely N-dealkylation sites (N-methyl/N-ethyl adjacent to an activating group) is 1. The molecular formula is C10H17BrN2S. The average Bonchev–Trinajstić information content (AvgIpc) is 2.58. The molecule has 1 aromatic rings. The molecule has 0 aliphatic carbocycles. The van der Waals surface area contributed by atoms with Gasteiger partial charge in [-0.15, -0.1) is 11.3 Å². The molecule has 0 spiro atoms. The third-order valence-corrected chi connectivity index (χ3v) is 3.93. The highest BCUT2D eigenvalue weighted by Crippen LogP contribution is 2.22. The van der Waals surface area contributed by atoms with Crippen molar-refractivity contribution in [2.75, 3.05) is 13.1 Å². The first-order valence-electron chi connectivity index (χ1n) is 4.90. The lowest BCUT2D eigenvalue weighted by molar-refractivity contribution is 0.511. The van der Waals surface area contributed by atoms with Gasteiger partial charge in [0, 0.05) is 28.5 Å². The van der Waals surface area contributed by atoms with E-state index < -0.39 is 0 Å². The molecule has 1 unspecified atom stereocenters. The van der Waals surface area contributed by atoms with Crippen molar-refractivity contribution in [1.82, 2.24) is 10.6 Å². The van der Waals surface area contributed by atoms with Crippen molar-refractivity contribution in [2.45, 2.75) is 26.4 Å². The minimum Gasteiger partial charge on any atom is -0.315 e. The van der Waals surface area contributed by atoms with Crippen LogP contribution in [0.4, 0.5) is 0 Å². The van der Waals surface area contributed by atoms with Crippen molar-refractivity contribution in [3.8, 4) is 0 Å². The lowest BCUT2D eigenvalue weighted by Crippen LogP contribution is -2.35. The summed E-state index contributed by atoms with van der Waals surface area (Å²) in [5, 5.41) is 8.91. The van der Waals surface area contributed by atoms with Crippen molar-refractivity contribution < 1.29 is 0 Å². The first kappa shape index (κ1) is 12.2. The summed E-state index contributed by atoms with van der Waals surface area (Å²) in [4.78, 5) is 1.37. The van der Waals surface area contributed by atoms with Crippen LogP contribution in [0.25, 0.3) is 0 Å². The first-order valence-corrected chi connectivity index (χ1v) is 6.57. The van der Waals surface area contributed by atoms with Crippen LogP contribution in [-0.4, -0.2) is 19.1 Å². The molecule has 1 atom stereocenters. The van der Waals surface area contributed by atoms with E-state index in [2.05, 4.69) is 51.9 Å². The number of thiophene rings is 1. The average molecular weight is 277 g/mol. The molecule has 0 aliphatic rings. The van der Waals surface area contributed by atoms with Crippen molar-refractivity contribution in [3.05, 3.63) is 20.8 Å². The number of rotatable bonds is 6. The molecule has 1 aromatic heterocycles. The van der Waals surface area contributed by atoms with Gasteiger partial charge in [0.2, 0.25) is 0 Å². The third kappa shape index (κ3) is 4.09. The van der Waals surface area contributed by atoms with Gasteiger partial charge in [0.15, 0.2) is 0 Å². The Bertz CT molecular complexity index is 262. The van der Waals surface area contributed by atoms with Gasteiger partial charge < -0.3 is 10.6 Å². The van der Waals surface area contributed by atoms with Crippen LogP contribution in [0.2, 0.25) is 0 Å². The van der Waals surface area contributed by atoms with Gasteiger partial charge >= 0.3 is 0 Å². The smallest absolute Gasteiger partial charge is 0.0327 e. The van der Waals surface area contributed by atoms with Gasteiger partial charge in [-0.25, -0.2) is 0 Å². The Morgan fingerprint density at radius 3 is 2.93 bits per heavy atom. The Morgan fingerprint density at radius 1 is 1.57 bits per heavy atom. The molecule has 0 saturated carbocycles. The van der Waals surface area contributed by atoms with E-state index in [4.69, 9.17) is 0 Å². The molecule has 1 heterocycles. The zero-order chi connectivity index (χ0) is 10.4. The monoisotopic (exact) mass is 276 g/mol. The molecule has 4 heteroatoms. The van der Waals surface area contributed by atoms with E-state index in [1.165, 1.54) is 9.35 Å². The summed E-state index contributed by atoms with van der Waals surface area (Å²) < 4.78 is 1.21. The normalized spacial score (nSPS) is 13.1. The largest absolute Gasteiger partial charge is 0.315 e. The summed E-state index contributed by atoms with van der Waals surface area (Å²) in [6.45, 7) is 7.34. The van der Waals surface area contributed by atoms with Crippen molar-refractivity contribution in [2.24, 2.45) is 0 Å². The lowest BCUT2D eigenvalue weighted by atomic mass is 10.3. The van der Waals surface area contributed by atoms with Crippen LogP contribution < -0.4 is 10.6 Å². The Hall–Kier alpha value is 0.100. The van der Waals surface area contributed by atoms with Crippen LogP contribution in [0.15, 0.2) is 15.9 Å². The molecule has 0 aliphatic heterocycles. The summed E-state index contributed by atoms with van der Waals surface area (Å²) in [6, 6.07) is 2.61. The van der Waals surface area contributed by atoms with Crippen LogP contribution in [0.1, 0.15) is 18.7 Å². The Kier molecular flexibility index (Phi) is 5.70. The van der Waals surface area contributed by atoms with Crippen molar-refractivity contribution in [3.63, 3.8) is 0 Å². The Balaban J connectivity index is 2.23. The lowest BCUT2D eigenvalue weighted by Gasteiger charge is -2.13. The maximum atomic E-state index is 3.52. The van der Waals surface area contributed by atoms with E-state index in [1.54, 1.807) is 11.3 Å². The zero-order valence-electron chi connectivity index (χ0n) is 8.64. The molecule has 0 radical (unpaired) electrons. The van der Waals surface area contributed by atoms with Crippen LogP contribution in [0.5, 0.6) is 0 Å². The van der Waals surface area contributed by atoms with Gasteiger partial charge in [0.1, 0.15) is 0 Å². The number of nitrogens with one attached hydrogen (secondary N) is 2. The summed E-state index contributed by atoms with van der Waals surface area (Å²) in [7, 11) is 0. The highest BCUT2D eigenvalue weighted by atomic mass is 79.9. The summed E-state index contributed by atoms with van der Waals surface area (Å²) >= 11 is 5.31. The Labute approximate surface area is 98.2 Å². The summed E-state index contributed by atoms with van der Waals surface area (Å²) in [6.07, 6.45) is 0. The second-order valence-electron chi connectivity index (χ2n) is 3.28. The van der Waals surface area contributed by atoms with Gasteiger partial charge in [-0.3, -0.25) is 0 Å². The second-order valence-corrected chi connectivity index (χ2v) is 5.14. The van der Waals surface area contributed by atoms with E-state index in [9.17, 15) is 0 Å². The van der Waals surface area contributed by atoms with Gasteiger partial charge in [-0.05, 0) is 40.8 Å². The van der Waals surface area contributed by atoms with Crippen LogP contribution >= 0.6 is 27.3 Å². The van der Waals surface area contributed by atoms with E-state index in [0.29, 0.717) is 6.04 Å². The molecule has 0 aromatic carbocycles. The van der Waals surface area contributed by atoms with Crippen molar-refractivity contribution in [1.29, 1.82) is 0 Å². The van der Waals surface area contributed by atoms with Gasteiger partial charge in [0.05, 0.1) is 0 Å². The summed E-state index contributed by atoms with van der Waals surface area (Å²) in [5.74, 6) is 0. The fraction of sp³-hybridized carbons (Fsp3) is 0.600. The van der Waals surface area contributed by atoms with E-state index in [1.807, 2.05) is 0 Å².